The summed E-state index contributed by atoms with van der Waals surface area (Å²) < 4.78 is 0. The van der Waals surface area contributed by atoms with Crippen molar-refractivity contribution >= 4 is 5.82 Å². The summed E-state index contributed by atoms with van der Waals surface area (Å²) in [6, 6.07) is 0.957. The van der Waals surface area contributed by atoms with Crippen LogP contribution < -0.4 is 11.1 Å². The van der Waals surface area contributed by atoms with E-state index in [-0.39, 0.29) is 0 Å². The Bertz CT molecular complexity index is 396. The first-order chi connectivity index (χ1) is 8.33. The zero-order valence-corrected chi connectivity index (χ0v) is 10.2. The highest BCUT2D eigenvalue weighted by molar-refractivity contribution is 5.48. The molecule has 0 bridgehead atoms. The van der Waals surface area contributed by atoms with Gasteiger partial charge in [-0.3, -0.25) is 0 Å². The second-order valence-electron chi connectivity index (χ2n) is 5.26. The number of aromatic nitrogens is 2. The zero-order chi connectivity index (χ0) is 11.7. The lowest BCUT2D eigenvalue weighted by atomic mass is 9.92. The molecule has 3 N–H and O–H groups in total. The minimum atomic E-state index is 0.407. The normalized spacial score (nSPS) is 27.8. The first-order valence-corrected chi connectivity index (χ1v) is 6.68. The highest BCUT2D eigenvalue weighted by Crippen LogP contribution is 2.27. The van der Waals surface area contributed by atoms with Crippen molar-refractivity contribution in [2.75, 3.05) is 5.32 Å². The zero-order valence-electron chi connectivity index (χ0n) is 10.2. The van der Waals surface area contributed by atoms with Crippen molar-refractivity contribution in [2.45, 2.75) is 57.0 Å². The van der Waals surface area contributed by atoms with E-state index in [2.05, 4.69) is 15.3 Å². The molecule has 17 heavy (non-hydrogen) atoms. The largest absolute Gasteiger partial charge is 0.367 e. The van der Waals surface area contributed by atoms with Crippen LogP contribution in [0.25, 0.3) is 0 Å². The van der Waals surface area contributed by atoms with Crippen LogP contribution in [0.15, 0.2) is 6.33 Å². The van der Waals surface area contributed by atoms with Crippen LogP contribution >= 0.6 is 0 Å². The number of nitrogens with zero attached hydrogens (tertiary/aromatic N) is 2. The van der Waals surface area contributed by atoms with Crippen LogP contribution in [0.4, 0.5) is 5.82 Å². The second kappa shape index (κ2) is 4.61. The van der Waals surface area contributed by atoms with Gasteiger partial charge < -0.3 is 11.1 Å². The third-order valence-electron chi connectivity index (χ3n) is 3.99. The molecule has 0 aromatic carbocycles. The lowest BCUT2D eigenvalue weighted by Gasteiger charge is -2.27. The fraction of sp³-hybridized carbons (Fsp3) is 0.692. The maximum Gasteiger partial charge on any atom is 0.133 e. The number of hydrogen-bond donors (Lipinski definition) is 2. The maximum absolute atomic E-state index is 5.93. The van der Waals surface area contributed by atoms with Crippen LogP contribution in [0.5, 0.6) is 0 Å². The average molecular weight is 232 g/mol. The molecule has 0 amide bonds. The molecule has 0 aliphatic heterocycles. The lowest BCUT2D eigenvalue weighted by Crippen LogP contribution is -2.33. The van der Waals surface area contributed by atoms with Gasteiger partial charge >= 0.3 is 0 Å². The minimum Gasteiger partial charge on any atom is -0.367 e. The van der Waals surface area contributed by atoms with Gasteiger partial charge in [-0.1, -0.05) is 0 Å². The van der Waals surface area contributed by atoms with Crippen molar-refractivity contribution in [1.29, 1.82) is 0 Å². The van der Waals surface area contributed by atoms with E-state index in [4.69, 9.17) is 5.73 Å². The third-order valence-corrected chi connectivity index (χ3v) is 3.99. The molecule has 0 saturated heterocycles. The van der Waals surface area contributed by atoms with Crippen molar-refractivity contribution < 1.29 is 0 Å². The highest BCUT2D eigenvalue weighted by atomic mass is 15.0. The Balaban J connectivity index is 1.71. The van der Waals surface area contributed by atoms with Crippen LogP contribution in [0.2, 0.25) is 0 Å². The van der Waals surface area contributed by atoms with Gasteiger partial charge in [0.2, 0.25) is 0 Å². The average Bonchev–Trinajstić information content (AvgIpc) is 2.81. The maximum atomic E-state index is 5.93. The van der Waals surface area contributed by atoms with E-state index in [1.54, 1.807) is 6.33 Å². The number of rotatable bonds is 2. The van der Waals surface area contributed by atoms with Crippen LogP contribution in [0.1, 0.15) is 43.4 Å². The van der Waals surface area contributed by atoms with E-state index in [9.17, 15) is 0 Å². The van der Waals surface area contributed by atoms with E-state index < -0.39 is 0 Å². The molecule has 1 heterocycles. The molecule has 2 aliphatic rings. The summed E-state index contributed by atoms with van der Waals surface area (Å²) in [4.78, 5) is 8.76. The summed E-state index contributed by atoms with van der Waals surface area (Å²) in [5.41, 5.74) is 8.52. The Morgan fingerprint density at radius 2 is 1.94 bits per heavy atom. The predicted molar refractivity (Wildman–Crippen MR) is 67.9 cm³/mol. The summed E-state index contributed by atoms with van der Waals surface area (Å²) in [5.74, 6) is 1.08. The molecule has 1 fully saturated rings. The minimum absolute atomic E-state index is 0.407. The molecule has 3 rings (SSSR count). The van der Waals surface area contributed by atoms with Crippen LogP contribution in [0, 0.1) is 0 Å². The monoisotopic (exact) mass is 232 g/mol. The molecule has 2 aliphatic carbocycles. The van der Waals surface area contributed by atoms with Gasteiger partial charge in [0, 0.05) is 23.3 Å². The Hall–Kier alpha value is -1.16. The van der Waals surface area contributed by atoms with E-state index in [1.807, 2.05) is 0 Å². The fourth-order valence-corrected chi connectivity index (χ4v) is 2.94. The summed E-state index contributed by atoms with van der Waals surface area (Å²) >= 11 is 0. The van der Waals surface area contributed by atoms with E-state index in [0.29, 0.717) is 12.1 Å². The van der Waals surface area contributed by atoms with Crippen molar-refractivity contribution in [2.24, 2.45) is 5.73 Å². The van der Waals surface area contributed by atoms with Gasteiger partial charge in [0.25, 0.3) is 0 Å². The van der Waals surface area contributed by atoms with Gasteiger partial charge in [0.15, 0.2) is 0 Å². The standard InChI is InChI=1S/C13H20N4/c14-9-4-6-10(7-5-9)17-13-11-2-1-3-12(11)15-8-16-13/h8-10H,1-7,14H2,(H,15,16,17). The Morgan fingerprint density at radius 1 is 1.12 bits per heavy atom. The van der Waals surface area contributed by atoms with Gasteiger partial charge in [-0.05, 0) is 44.9 Å². The van der Waals surface area contributed by atoms with Crippen molar-refractivity contribution in [3.63, 3.8) is 0 Å². The lowest BCUT2D eigenvalue weighted by molar-refractivity contribution is 0.410. The van der Waals surface area contributed by atoms with E-state index in [1.165, 1.54) is 30.5 Å². The second-order valence-corrected chi connectivity index (χ2v) is 5.26. The van der Waals surface area contributed by atoms with Gasteiger partial charge in [-0.25, -0.2) is 9.97 Å². The first-order valence-electron chi connectivity index (χ1n) is 6.68. The van der Waals surface area contributed by atoms with Crippen LogP contribution in [-0.4, -0.2) is 22.1 Å². The Kier molecular flexibility index (Phi) is 2.97. The number of fused-ring (bicyclic) bond motifs is 1. The molecule has 1 aromatic rings. The molecular weight excluding hydrogens is 212 g/mol. The molecule has 1 saturated carbocycles. The molecule has 0 spiro atoms. The predicted octanol–water partition coefficient (Wildman–Crippen LogP) is 1.65. The summed E-state index contributed by atoms with van der Waals surface area (Å²) in [6.45, 7) is 0. The number of hydrogen-bond acceptors (Lipinski definition) is 4. The number of nitrogens with one attached hydrogen (secondary N) is 1. The van der Waals surface area contributed by atoms with Crippen LogP contribution in [0.3, 0.4) is 0 Å². The van der Waals surface area contributed by atoms with Gasteiger partial charge in [0.05, 0.1) is 0 Å². The van der Waals surface area contributed by atoms with Crippen LogP contribution in [-0.2, 0) is 12.8 Å². The first kappa shape index (κ1) is 11.0. The molecule has 4 nitrogen and oxygen atoms in total. The van der Waals surface area contributed by atoms with E-state index >= 15 is 0 Å². The molecule has 0 atom stereocenters. The molecule has 0 unspecified atom stereocenters. The Morgan fingerprint density at radius 3 is 2.76 bits per heavy atom. The van der Waals surface area contributed by atoms with E-state index in [0.717, 1.165) is 31.5 Å². The topological polar surface area (TPSA) is 63.8 Å². The summed E-state index contributed by atoms with van der Waals surface area (Å²) in [6.07, 6.45) is 9.75. The van der Waals surface area contributed by atoms with Crippen molar-refractivity contribution in [1.82, 2.24) is 9.97 Å². The Labute approximate surface area is 102 Å². The molecule has 1 aromatic heterocycles. The number of nitrogens with two attached hydrogens (primary N) is 1. The summed E-state index contributed by atoms with van der Waals surface area (Å²) in [5, 5.41) is 3.60. The molecule has 0 radical (unpaired) electrons. The molecule has 92 valence electrons. The number of aryl methyl sites for hydroxylation is 1. The van der Waals surface area contributed by atoms with Gasteiger partial charge in [0.1, 0.15) is 12.1 Å². The van der Waals surface area contributed by atoms with Gasteiger partial charge in [-0.15, -0.1) is 0 Å². The SMILES string of the molecule is NC1CCC(Nc2ncnc3c2CCC3)CC1. The molecule has 4 heteroatoms. The molecular formula is C13H20N4. The highest BCUT2D eigenvalue weighted by Gasteiger charge is 2.22. The van der Waals surface area contributed by atoms with Gasteiger partial charge in [-0.2, -0.15) is 0 Å². The fourth-order valence-electron chi connectivity index (χ4n) is 2.94. The van der Waals surface area contributed by atoms with Crippen molar-refractivity contribution in [3.8, 4) is 0 Å². The smallest absolute Gasteiger partial charge is 0.133 e. The summed E-state index contributed by atoms with van der Waals surface area (Å²) in [7, 11) is 0. The van der Waals surface area contributed by atoms with Crippen molar-refractivity contribution in [3.05, 3.63) is 17.6 Å². The third kappa shape index (κ3) is 2.27. The number of anilines is 1. The quantitative estimate of drug-likeness (QED) is 0.813.